The van der Waals surface area contributed by atoms with Crippen molar-refractivity contribution in [3.8, 4) is 41.3 Å². The first-order chi connectivity index (χ1) is 16.9. The van der Waals surface area contributed by atoms with Crippen molar-refractivity contribution >= 4 is 27.5 Å². The number of methoxy groups -OCH3 is 1. The molecule has 2 heterocycles. The van der Waals surface area contributed by atoms with Gasteiger partial charge in [0.2, 0.25) is 0 Å². The Bertz CT molecular complexity index is 1570. The fraction of sp³-hybridized carbons (Fsp3) is 0.222. The van der Waals surface area contributed by atoms with Crippen LogP contribution in [0, 0.1) is 41.2 Å². The van der Waals surface area contributed by atoms with Gasteiger partial charge in [-0.3, -0.25) is 0 Å². The number of halogens is 2. The lowest BCUT2D eigenvalue weighted by Gasteiger charge is -2.31. The Kier molecular flexibility index (Phi) is 5.58. The molecule has 174 valence electrons. The molecule has 0 spiro atoms. The van der Waals surface area contributed by atoms with Gasteiger partial charge in [-0.1, -0.05) is 18.1 Å². The van der Waals surface area contributed by atoms with Gasteiger partial charge in [-0.2, -0.15) is 15.2 Å². The lowest BCUT2D eigenvalue weighted by molar-refractivity contribution is 0.380. The number of terminal acetylenes is 1. The van der Waals surface area contributed by atoms with E-state index in [0.717, 1.165) is 12.8 Å². The number of benzene rings is 3. The van der Waals surface area contributed by atoms with Gasteiger partial charge >= 0.3 is 6.01 Å². The largest absolute Gasteiger partial charge is 0.508 e. The molecule has 35 heavy (non-hydrogen) atoms. The van der Waals surface area contributed by atoms with Gasteiger partial charge in [0.15, 0.2) is 5.82 Å². The average Bonchev–Trinajstić information content (AvgIpc) is 2.88. The zero-order valence-corrected chi connectivity index (χ0v) is 18.8. The minimum atomic E-state index is -0.683. The molecule has 6 nitrogen and oxygen atoms in total. The first kappa shape index (κ1) is 22.4. The number of hydrogen-bond donors (Lipinski definition) is 1. The van der Waals surface area contributed by atoms with E-state index in [1.165, 1.54) is 31.4 Å². The third kappa shape index (κ3) is 3.74. The molecule has 1 aromatic heterocycles. The fourth-order valence-electron chi connectivity index (χ4n) is 4.72. The van der Waals surface area contributed by atoms with Gasteiger partial charge in [0, 0.05) is 29.4 Å². The highest BCUT2D eigenvalue weighted by atomic mass is 19.1. The third-order valence-corrected chi connectivity index (χ3v) is 6.34. The van der Waals surface area contributed by atoms with E-state index in [1.54, 1.807) is 12.1 Å². The molecule has 1 unspecified atom stereocenters. The van der Waals surface area contributed by atoms with Crippen molar-refractivity contribution in [1.29, 1.82) is 5.26 Å². The molecule has 1 N–H and O–H groups in total. The van der Waals surface area contributed by atoms with Crippen LogP contribution >= 0.6 is 0 Å². The van der Waals surface area contributed by atoms with Crippen LogP contribution in [0.25, 0.3) is 32.8 Å². The molecular weight excluding hydrogens is 450 g/mol. The summed E-state index contributed by atoms with van der Waals surface area (Å²) in [6, 6.07) is 11.0. The van der Waals surface area contributed by atoms with E-state index in [4.69, 9.17) is 11.2 Å². The maximum Gasteiger partial charge on any atom is 0.318 e. The SMILES string of the molecule is C#Cc1c(F)ccc2cc(O)cc(-c3ccc4c(N5CCCC(C#N)C5)nc(OC)nc4c3F)c12. The highest BCUT2D eigenvalue weighted by Crippen LogP contribution is 2.40. The van der Waals surface area contributed by atoms with Gasteiger partial charge in [-0.15, -0.1) is 6.42 Å². The third-order valence-electron chi connectivity index (χ3n) is 6.34. The van der Waals surface area contributed by atoms with Crippen LogP contribution in [0.3, 0.4) is 0 Å². The first-order valence-corrected chi connectivity index (χ1v) is 11.1. The Morgan fingerprint density at radius 3 is 2.74 bits per heavy atom. The van der Waals surface area contributed by atoms with E-state index in [-0.39, 0.29) is 39.9 Å². The number of ether oxygens (including phenoxy) is 1. The van der Waals surface area contributed by atoms with Crippen LogP contribution < -0.4 is 9.64 Å². The highest BCUT2D eigenvalue weighted by molar-refractivity contribution is 6.04. The molecule has 1 aliphatic heterocycles. The minimum Gasteiger partial charge on any atom is -0.508 e. The minimum absolute atomic E-state index is 0.0126. The lowest BCUT2D eigenvalue weighted by Crippen LogP contribution is -2.35. The van der Waals surface area contributed by atoms with E-state index >= 15 is 4.39 Å². The van der Waals surface area contributed by atoms with Crippen molar-refractivity contribution in [3.05, 3.63) is 53.6 Å². The van der Waals surface area contributed by atoms with Crippen LogP contribution in [0.15, 0.2) is 36.4 Å². The Morgan fingerprint density at radius 2 is 2.00 bits per heavy atom. The van der Waals surface area contributed by atoms with Gasteiger partial charge in [-0.05, 0) is 48.1 Å². The zero-order valence-electron chi connectivity index (χ0n) is 18.8. The summed E-state index contributed by atoms with van der Waals surface area (Å²) < 4.78 is 35.9. The molecule has 0 aliphatic carbocycles. The number of phenolic OH excluding ortho intramolecular Hbond substituents is 1. The quantitative estimate of drug-likeness (QED) is 0.417. The van der Waals surface area contributed by atoms with Crippen LogP contribution in [-0.2, 0) is 0 Å². The number of aromatic hydroxyl groups is 1. The smallest absolute Gasteiger partial charge is 0.318 e. The number of fused-ring (bicyclic) bond motifs is 2. The maximum atomic E-state index is 16.1. The average molecular weight is 470 g/mol. The topological polar surface area (TPSA) is 82.3 Å². The summed E-state index contributed by atoms with van der Waals surface area (Å²) in [5.74, 6) is 1.26. The van der Waals surface area contributed by atoms with Crippen LogP contribution in [0.2, 0.25) is 0 Å². The summed E-state index contributed by atoms with van der Waals surface area (Å²) in [5, 5.41) is 21.0. The van der Waals surface area contributed by atoms with Crippen molar-refractivity contribution in [2.24, 2.45) is 5.92 Å². The molecular formula is C27H20F2N4O2. The number of hydrogen-bond acceptors (Lipinski definition) is 6. The number of phenols is 1. The molecule has 1 fully saturated rings. The Morgan fingerprint density at radius 1 is 1.17 bits per heavy atom. The summed E-state index contributed by atoms with van der Waals surface area (Å²) in [5.41, 5.74) is 0.335. The second kappa shape index (κ2) is 8.73. The molecule has 3 aromatic carbocycles. The second-order valence-corrected chi connectivity index (χ2v) is 8.43. The number of nitriles is 1. The normalized spacial score (nSPS) is 15.7. The van der Waals surface area contributed by atoms with Crippen LogP contribution in [0.5, 0.6) is 11.8 Å². The molecule has 5 rings (SSSR count). The van der Waals surface area contributed by atoms with Gasteiger partial charge in [-0.25, -0.2) is 8.78 Å². The maximum absolute atomic E-state index is 16.1. The number of aromatic nitrogens is 2. The van der Waals surface area contributed by atoms with Crippen LogP contribution in [0.4, 0.5) is 14.6 Å². The van der Waals surface area contributed by atoms with Crippen LogP contribution in [-0.4, -0.2) is 35.3 Å². The first-order valence-electron chi connectivity index (χ1n) is 11.1. The van der Waals surface area contributed by atoms with Gasteiger partial charge in [0.1, 0.15) is 22.9 Å². The summed E-state index contributed by atoms with van der Waals surface area (Å²) >= 11 is 0. The summed E-state index contributed by atoms with van der Waals surface area (Å²) in [6.07, 6.45) is 7.19. The van der Waals surface area contributed by atoms with Crippen molar-refractivity contribution < 1.29 is 18.6 Å². The highest BCUT2D eigenvalue weighted by Gasteiger charge is 2.25. The molecule has 0 bridgehead atoms. The molecule has 0 radical (unpaired) electrons. The molecule has 4 aromatic rings. The van der Waals surface area contributed by atoms with E-state index in [0.29, 0.717) is 35.1 Å². The summed E-state index contributed by atoms with van der Waals surface area (Å²) in [7, 11) is 1.39. The van der Waals surface area contributed by atoms with Gasteiger partial charge in [0.05, 0.1) is 24.7 Å². The molecule has 1 aliphatic rings. The molecule has 8 heteroatoms. The van der Waals surface area contributed by atoms with Crippen molar-refractivity contribution in [1.82, 2.24) is 9.97 Å². The van der Waals surface area contributed by atoms with Crippen LogP contribution in [0.1, 0.15) is 18.4 Å². The molecule has 0 amide bonds. The Balaban J connectivity index is 1.78. The molecule has 1 saturated heterocycles. The zero-order chi connectivity index (χ0) is 24.7. The van der Waals surface area contributed by atoms with E-state index in [1.807, 2.05) is 4.90 Å². The number of piperidine rings is 1. The van der Waals surface area contributed by atoms with Gasteiger partial charge < -0.3 is 14.7 Å². The fourth-order valence-corrected chi connectivity index (χ4v) is 4.72. The summed E-state index contributed by atoms with van der Waals surface area (Å²) in [4.78, 5) is 10.7. The Hall–Kier alpha value is -4.43. The number of rotatable bonds is 3. The molecule has 0 saturated carbocycles. The van der Waals surface area contributed by atoms with E-state index < -0.39 is 11.6 Å². The monoisotopic (exact) mass is 470 g/mol. The predicted octanol–water partition coefficient (Wildman–Crippen LogP) is 5.16. The molecule has 1 atom stereocenters. The van der Waals surface area contributed by atoms with Crippen molar-refractivity contribution in [2.75, 3.05) is 25.1 Å². The van der Waals surface area contributed by atoms with Gasteiger partial charge in [0.25, 0.3) is 0 Å². The second-order valence-electron chi connectivity index (χ2n) is 8.43. The predicted molar refractivity (Wildman–Crippen MR) is 129 cm³/mol. The van der Waals surface area contributed by atoms with E-state index in [9.17, 15) is 14.8 Å². The Labute approximate surface area is 200 Å². The summed E-state index contributed by atoms with van der Waals surface area (Å²) in [6.45, 7) is 1.13. The number of anilines is 1. The van der Waals surface area contributed by atoms with Crippen molar-refractivity contribution in [2.45, 2.75) is 12.8 Å². The number of nitrogens with zero attached hydrogens (tertiary/aromatic N) is 4. The van der Waals surface area contributed by atoms with Crippen molar-refractivity contribution in [3.63, 3.8) is 0 Å². The lowest BCUT2D eigenvalue weighted by atomic mass is 9.93. The van der Waals surface area contributed by atoms with E-state index in [2.05, 4.69) is 22.0 Å². The standard InChI is InChI=1S/C27H20F2N4O2/c1-3-18-22(28)9-6-16-11-17(34)12-21(23(16)18)19-7-8-20-25(24(19)29)31-27(35-2)32-26(20)33-10-4-5-15(13-30)14-33/h1,6-9,11-12,15,34H,4-5,10,14H2,2H3.